The van der Waals surface area contributed by atoms with Crippen LogP contribution in [-0.4, -0.2) is 25.9 Å². The second-order valence-electron chi connectivity index (χ2n) is 9.23. The number of aryl methyl sites for hydroxylation is 3. The molecule has 0 saturated heterocycles. The van der Waals surface area contributed by atoms with Gasteiger partial charge in [0.2, 0.25) is 5.91 Å². The van der Waals surface area contributed by atoms with Crippen molar-refractivity contribution >= 4 is 48.9 Å². The van der Waals surface area contributed by atoms with E-state index in [9.17, 15) is 13.2 Å². The van der Waals surface area contributed by atoms with Crippen LogP contribution in [0.1, 0.15) is 16.7 Å². The van der Waals surface area contributed by atoms with Crippen LogP contribution >= 0.6 is 11.3 Å². The van der Waals surface area contributed by atoms with Crippen molar-refractivity contribution in [1.82, 2.24) is 4.98 Å². The van der Waals surface area contributed by atoms with E-state index in [1.165, 1.54) is 9.87 Å². The topological polar surface area (TPSA) is 79.4 Å². The lowest BCUT2D eigenvalue weighted by atomic mass is 10.2. The number of aromatic nitrogens is 1. The Balaban J connectivity index is 1.37. The van der Waals surface area contributed by atoms with Gasteiger partial charge in [0.05, 0.1) is 20.8 Å². The first-order valence-electron chi connectivity index (χ1n) is 12.1. The zero-order valence-electron chi connectivity index (χ0n) is 21.3. The summed E-state index contributed by atoms with van der Waals surface area (Å²) in [7, 11) is -3.97. The molecular formula is C30H27N3O3S2. The molecule has 1 aromatic heterocycles. The summed E-state index contributed by atoms with van der Waals surface area (Å²) < 4.78 is 29.5. The second-order valence-corrected chi connectivity index (χ2v) is 12.1. The predicted molar refractivity (Wildman–Crippen MR) is 155 cm³/mol. The molecule has 192 valence electrons. The van der Waals surface area contributed by atoms with E-state index in [0.717, 1.165) is 31.9 Å². The molecule has 0 bridgehead atoms. The summed E-state index contributed by atoms with van der Waals surface area (Å²) in [6.45, 7) is 5.42. The Bertz CT molecular complexity index is 1730. The number of hydrogen-bond donors (Lipinski definition) is 1. The van der Waals surface area contributed by atoms with E-state index in [2.05, 4.69) is 18.3 Å². The fraction of sp³-hybridized carbons (Fsp3) is 0.133. The maximum absolute atomic E-state index is 13.6. The van der Waals surface area contributed by atoms with Crippen molar-refractivity contribution in [2.24, 2.45) is 0 Å². The van der Waals surface area contributed by atoms with Crippen LogP contribution in [-0.2, 0) is 14.8 Å². The molecule has 1 heterocycles. The summed E-state index contributed by atoms with van der Waals surface area (Å²) in [4.78, 5) is 18.0. The number of benzene rings is 4. The number of amides is 1. The van der Waals surface area contributed by atoms with Crippen molar-refractivity contribution in [2.75, 3.05) is 16.2 Å². The lowest BCUT2D eigenvalue weighted by Gasteiger charge is -2.25. The largest absolute Gasteiger partial charge is 0.325 e. The number of fused-ring (bicyclic) bond motifs is 1. The van der Waals surface area contributed by atoms with Crippen LogP contribution in [0.4, 0.5) is 11.4 Å². The maximum Gasteiger partial charge on any atom is 0.264 e. The highest BCUT2D eigenvalue weighted by Crippen LogP contribution is 2.31. The van der Waals surface area contributed by atoms with Crippen molar-refractivity contribution < 1.29 is 13.2 Å². The van der Waals surface area contributed by atoms with E-state index in [4.69, 9.17) is 4.98 Å². The number of para-hydroxylation sites is 1. The molecule has 0 spiro atoms. The minimum absolute atomic E-state index is 0.134. The zero-order chi connectivity index (χ0) is 26.9. The molecule has 0 atom stereocenters. The molecule has 4 aromatic carbocycles. The first-order chi connectivity index (χ1) is 18.2. The van der Waals surface area contributed by atoms with Crippen molar-refractivity contribution in [3.63, 3.8) is 0 Å². The lowest BCUT2D eigenvalue weighted by molar-refractivity contribution is -0.114. The van der Waals surface area contributed by atoms with Crippen LogP contribution in [0.3, 0.4) is 0 Å². The SMILES string of the molecule is Cc1ccc(S(=O)(=O)N(CC(=O)Nc2ccc(-c3nc4ccc(C)cc4s3)cc2)c2ccccc2C)cc1. The van der Waals surface area contributed by atoms with Crippen LogP contribution < -0.4 is 9.62 Å². The number of hydrogen-bond acceptors (Lipinski definition) is 5. The molecular weight excluding hydrogens is 514 g/mol. The van der Waals surface area contributed by atoms with E-state index in [0.29, 0.717) is 11.4 Å². The van der Waals surface area contributed by atoms with Gasteiger partial charge < -0.3 is 5.32 Å². The minimum Gasteiger partial charge on any atom is -0.325 e. The normalized spacial score (nSPS) is 11.4. The van der Waals surface area contributed by atoms with E-state index >= 15 is 0 Å². The molecule has 38 heavy (non-hydrogen) atoms. The summed E-state index contributed by atoms with van der Waals surface area (Å²) in [5.41, 5.74) is 5.84. The van der Waals surface area contributed by atoms with E-state index in [1.54, 1.807) is 59.9 Å². The number of rotatable bonds is 7. The molecule has 0 unspecified atom stereocenters. The Morgan fingerprint density at radius 2 is 1.55 bits per heavy atom. The van der Waals surface area contributed by atoms with Gasteiger partial charge in [-0.25, -0.2) is 13.4 Å². The summed E-state index contributed by atoms with van der Waals surface area (Å²) in [6.07, 6.45) is 0. The number of anilines is 2. The first-order valence-corrected chi connectivity index (χ1v) is 14.4. The van der Waals surface area contributed by atoms with Crippen molar-refractivity contribution in [3.05, 3.63) is 108 Å². The van der Waals surface area contributed by atoms with Gasteiger partial charge in [-0.3, -0.25) is 9.10 Å². The molecule has 0 aliphatic heterocycles. The highest BCUT2D eigenvalue weighted by atomic mass is 32.2. The fourth-order valence-corrected chi connectivity index (χ4v) is 6.72. The van der Waals surface area contributed by atoms with Gasteiger partial charge in [0, 0.05) is 11.3 Å². The molecule has 8 heteroatoms. The van der Waals surface area contributed by atoms with Gasteiger partial charge in [0.15, 0.2) is 0 Å². The molecule has 5 rings (SSSR count). The highest BCUT2D eigenvalue weighted by Gasteiger charge is 2.28. The average Bonchev–Trinajstić information content (AvgIpc) is 3.32. The molecule has 1 N–H and O–H groups in total. The lowest BCUT2D eigenvalue weighted by Crippen LogP contribution is -2.38. The molecule has 5 aromatic rings. The number of carbonyl (C=O) groups excluding carboxylic acids is 1. The van der Waals surface area contributed by atoms with Gasteiger partial charge >= 0.3 is 0 Å². The quantitative estimate of drug-likeness (QED) is 0.248. The standard InChI is InChI=1S/C30H27N3O3S2/c1-20-8-15-25(16-9-20)38(35,36)33(27-7-5-4-6-22(27)3)19-29(34)31-24-13-11-23(12-14-24)30-32-26-17-10-21(2)18-28(26)37-30/h4-18H,19H2,1-3H3,(H,31,34). The number of carbonyl (C=O) groups is 1. The van der Waals surface area contributed by atoms with Crippen LogP contribution in [0.2, 0.25) is 0 Å². The average molecular weight is 542 g/mol. The molecule has 0 fully saturated rings. The van der Waals surface area contributed by atoms with Gasteiger partial charge in [-0.05, 0) is 86.5 Å². The van der Waals surface area contributed by atoms with E-state index in [1.807, 2.05) is 50.2 Å². The molecule has 0 aliphatic rings. The monoisotopic (exact) mass is 541 g/mol. The summed E-state index contributed by atoms with van der Waals surface area (Å²) in [5.74, 6) is -0.438. The summed E-state index contributed by atoms with van der Waals surface area (Å²) >= 11 is 1.62. The fourth-order valence-electron chi connectivity index (χ4n) is 4.16. The summed E-state index contributed by atoms with van der Waals surface area (Å²) in [6, 6.07) is 27.4. The first kappa shape index (κ1) is 25.6. The second kappa shape index (κ2) is 10.4. The predicted octanol–water partition coefficient (Wildman–Crippen LogP) is 6.72. The number of thiazole rings is 1. The highest BCUT2D eigenvalue weighted by molar-refractivity contribution is 7.92. The molecule has 0 aliphatic carbocycles. The minimum atomic E-state index is -3.97. The van der Waals surface area contributed by atoms with Crippen molar-refractivity contribution in [3.8, 4) is 10.6 Å². The molecule has 0 saturated carbocycles. The number of sulfonamides is 1. The van der Waals surface area contributed by atoms with E-state index < -0.39 is 15.9 Å². The Kier molecular flexibility index (Phi) is 7.01. The Hall–Kier alpha value is -4.01. The molecule has 6 nitrogen and oxygen atoms in total. The third-order valence-corrected chi connectivity index (χ3v) is 9.08. The van der Waals surface area contributed by atoms with Gasteiger partial charge in [-0.15, -0.1) is 11.3 Å². The maximum atomic E-state index is 13.6. The van der Waals surface area contributed by atoms with E-state index in [-0.39, 0.29) is 11.4 Å². The third-order valence-electron chi connectivity index (χ3n) is 6.24. The number of nitrogens with zero attached hydrogens (tertiary/aromatic N) is 2. The third kappa shape index (κ3) is 5.32. The summed E-state index contributed by atoms with van der Waals surface area (Å²) in [5, 5.41) is 3.75. The van der Waals surface area contributed by atoms with Crippen LogP contribution in [0.15, 0.2) is 95.9 Å². The number of nitrogens with one attached hydrogen (secondary N) is 1. The molecule has 0 radical (unpaired) electrons. The Morgan fingerprint density at radius 3 is 2.26 bits per heavy atom. The van der Waals surface area contributed by atoms with Crippen LogP contribution in [0.5, 0.6) is 0 Å². The van der Waals surface area contributed by atoms with Crippen LogP contribution in [0.25, 0.3) is 20.8 Å². The zero-order valence-corrected chi connectivity index (χ0v) is 22.9. The molecule has 1 amide bonds. The van der Waals surface area contributed by atoms with Gasteiger partial charge in [-0.2, -0.15) is 0 Å². The van der Waals surface area contributed by atoms with Crippen LogP contribution in [0, 0.1) is 20.8 Å². The smallest absolute Gasteiger partial charge is 0.264 e. The van der Waals surface area contributed by atoms with Crippen molar-refractivity contribution in [1.29, 1.82) is 0 Å². The van der Waals surface area contributed by atoms with Crippen molar-refractivity contribution in [2.45, 2.75) is 25.7 Å². The Labute approximate surface area is 226 Å². The van der Waals surface area contributed by atoms with Gasteiger partial charge in [0.1, 0.15) is 11.6 Å². The van der Waals surface area contributed by atoms with Gasteiger partial charge in [-0.1, -0.05) is 42.0 Å². The van der Waals surface area contributed by atoms with Gasteiger partial charge in [0.25, 0.3) is 10.0 Å². The Morgan fingerprint density at radius 1 is 0.868 bits per heavy atom.